The lowest BCUT2D eigenvalue weighted by Gasteiger charge is -2.30. The standard InChI is InChI=1S/C35H39ClN4O6/c1-22(38-46-34(2,3)33(42)43)24-17-26(19-28(18-24)44-4)37-31(23-5-7-25(36)8-6-23)32(41)40-21-35(11-12-35)29-10-9-27(20-30(29)40)39-13-15-45-16-14-39/h5-10,17-20,31,37H,11-16,21H2,1-4H3,(H,42,43)/b38-22+. The summed E-state index contributed by atoms with van der Waals surface area (Å²) in [5.74, 6) is -0.671. The maximum Gasteiger partial charge on any atom is 0.350 e. The molecule has 3 aromatic rings. The Morgan fingerprint density at radius 2 is 1.78 bits per heavy atom. The molecule has 11 heteroatoms. The number of amides is 1. The molecule has 6 rings (SSSR count). The van der Waals surface area contributed by atoms with Gasteiger partial charge in [0.05, 0.1) is 26.0 Å². The zero-order valence-corrected chi connectivity index (χ0v) is 27.3. The van der Waals surface area contributed by atoms with E-state index in [9.17, 15) is 14.7 Å². The number of halogens is 1. The van der Waals surface area contributed by atoms with Crippen molar-refractivity contribution in [3.8, 4) is 5.75 Å². The summed E-state index contributed by atoms with van der Waals surface area (Å²) >= 11 is 6.26. The van der Waals surface area contributed by atoms with Crippen molar-refractivity contribution in [2.45, 2.75) is 50.7 Å². The number of hydrogen-bond acceptors (Lipinski definition) is 8. The first kappa shape index (κ1) is 31.7. The number of methoxy groups -OCH3 is 1. The fraction of sp³-hybridized carbons (Fsp3) is 0.400. The molecule has 2 N–H and O–H groups in total. The molecule has 1 spiro atoms. The zero-order valence-electron chi connectivity index (χ0n) is 26.5. The Morgan fingerprint density at radius 3 is 2.43 bits per heavy atom. The third kappa shape index (κ3) is 6.37. The molecule has 1 saturated carbocycles. The second-order valence-electron chi connectivity index (χ2n) is 12.7. The van der Waals surface area contributed by atoms with Crippen LogP contribution in [0.4, 0.5) is 17.1 Å². The molecule has 46 heavy (non-hydrogen) atoms. The third-order valence-electron chi connectivity index (χ3n) is 9.05. The minimum absolute atomic E-state index is 0.000476. The molecule has 0 bridgehead atoms. The Labute approximate surface area is 273 Å². The number of nitrogens with one attached hydrogen (secondary N) is 1. The molecular weight excluding hydrogens is 608 g/mol. The number of carbonyl (C=O) groups excluding carboxylic acids is 1. The number of aliphatic carboxylic acids is 1. The van der Waals surface area contributed by atoms with Gasteiger partial charge in [0.15, 0.2) is 0 Å². The number of fused-ring (bicyclic) bond motifs is 2. The first-order valence-corrected chi connectivity index (χ1v) is 15.8. The molecule has 0 aromatic heterocycles. The average Bonchev–Trinajstić information content (AvgIpc) is 3.78. The fourth-order valence-electron chi connectivity index (χ4n) is 6.01. The van der Waals surface area contributed by atoms with E-state index in [1.807, 2.05) is 29.2 Å². The largest absolute Gasteiger partial charge is 0.497 e. The molecule has 1 saturated heterocycles. The summed E-state index contributed by atoms with van der Waals surface area (Å²) in [5.41, 5.74) is 4.26. The average molecular weight is 647 g/mol. The molecule has 1 unspecified atom stereocenters. The summed E-state index contributed by atoms with van der Waals surface area (Å²) in [4.78, 5) is 35.8. The lowest BCUT2D eigenvalue weighted by Crippen LogP contribution is -2.39. The van der Waals surface area contributed by atoms with Gasteiger partial charge in [0, 0.05) is 58.8 Å². The number of carbonyl (C=O) groups is 2. The molecule has 3 aliphatic rings. The van der Waals surface area contributed by atoms with Crippen LogP contribution < -0.4 is 19.9 Å². The van der Waals surface area contributed by atoms with E-state index in [0.717, 1.165) is 42.9 Å². The number of morpholine rings is 1. The first-order valence-electron chi connectivity index (χ1n) is 15.5. The zero-order chi connectivity index (χ0) is 32.6. The van der Waals surface area contributed by atoms with Gasteiger partial charge in [-0.3, -0.25) is 4.79 Å². The van der Waals surface area contributed by atoms with Gasteiger partial charge < -0.3 is 34.5 Å². The van der Waals surface area contributed by atoms with Crippen molar-refractivity contribution in [1.29, 1.82) is 0 Å². The van der Waals surface area contributed by atoms with E-state index in [0.29, 0.717) is 47.5 Å². The van der Waals surface area contributed by atoms with Gasteiger partial charge in [0.1, 0.15) is 11.8 Å². The van der Waals surface area contributed by atoms with Crippen LogP contribution in [0.2, 0.25) is 5.02 Å². The Kier molecular flexibility index (Phi) is 8.60. The molecule has 242 valence electrons. The van der Waals surface area contributed by atoms with Gasteiger partial charge in [-0.05, 0) is 81.1 Å². The first-order chi connectivity index (χ1) is 22.0. The van der Waals surface area contributed by atoms with Crippen LogP contribution in [0.1, 0.15) is 56.3 Å². The van der Waals surface area contributed by atoms with Gasteiger partial charge in [-0.1, -0.05) is 35.0 Å². The van der Waals surface area contributed by atoms with Gasteiger partial charge in [-0.25, -0.2) is 4.79 Å². The molecular formula is C35H39ClN4O6. The quantitative estimate of drug-likeness (QED) is 0.203. The van der Waals surface area contributed by atoms with Crippen molar-refractivity contribution in [3.05, 3.63) is 82.4 Å². The van der Waals surface area contributed by atoms with E-state index in [2.05, 4.69) is 33.6 Å². The molecule has 3 aromatic carbocycles. The van der Waals surface area contributed by atoms with Crippen LogP contribution in [0, 0.1) is 0 Å². The predicted octanol–water partition coefficient (Wildman–Crippen LogP) is 6.02. The number of rotatable bonds is 10. The summed E-state index contributed by atoms with van der Waals surface area (Å²) < 4.78 is 11.2. The minimum atomic E-state index is -1.50. The summed E-state index contributed by atoms with van der Waals surface area (Å²) in [7, 11) is 1.56. The Morgan fingerprint density at radius 1 is 1.07 bits per heavy atom. The summed E-state index contributed by atoms with van der Waals surface area (Å²) in [5, 5.41) is 17.6. The summed E-state index contributed by atoms with van der Waals surface area (Å²) in [6, 6.07) is 18.5. The Balaban J connectivity index is 1.35. The number of anilines is 3. The van der Waals surface area contributed by atoms with Crippen LogP contribution in [-0.2, 0) is 24.6 Å². The highest BCUT2D eigenvalue weighted by Gasteiger charge is 2.53. The third-order valence-corrected chi connectivity index (χ3v) is 9.30. The Hall–Kier alpha value is -4.28. The van der Waals surface area contributed by atoms with Crippen molar-refractivity contribution < 1.29 is 29.0 Å². The highest BCUT2D eigenvalue weighted by molar-refractivity contribution is 6.30. The predicted molar refractivity (Wildman–Crippen MR) is 179 cm³/mol. The number of carboxylic acids is 1. The highest BCUT2D eigenvalue weighted by Crippen LogP contribution is 2.57. The van der Waals surface area contributed by atoms with E-state index in [4.69, 9.17) is 25.9 Å². The maximum atomic E-state index is 14.7. The minimum Gasteiger partial charge on any atom is -0.497 e. The number of benzene rings is 3. The number of hydrogen-bond donors (Lipinski definition) is 2. The van der Waals surface area contributed by atoms with Crippen molar-refractivity contribution in [1.82, 2.24) is 0 Å². The number of nitrogens with zero attached hydrogens (tertiary/aromatic N) is 3. The second kappa shape index (κ2) is 12.5. The molecule has 0 radical (unpaired) electrons. The number of oxime groups is 1. The smallest absolute Gasteiger partial charge is 0.350 e. The molecule has 2 aliphatic heterocycles. The van der Waals surface area contributed by atoms with Crippen LogP contribution in [0.25, 0.3) is 0 Å². The number of ether oxygens (including phenoxy) is 2. The van der Waals surface area contributed by atoms with E-state index >= 15 is 0 Å². The van der Waals surface area contributed by atoms with Crippen LogP contribution in [0.5, 0.6) is 5.75 Å². The van der Waals surface area contributed by atoms with Crippen LogP contribution >= 0.6 is 11.6 Å². The highest BCUT2D eigenvalue weighted by atomic mass is 35.5. The van der Waals surface area contributed by atoms with Gasteiger partial charge in [0.25, 0.3) is 5.91 Å². The molecule has 1 aliphatic carbocycles. The van der Waals surface area contributed by atoms with E-state index in [-0.39, 0.29) is 11.3 Å². The Bertz CT molecular complexity index is 1660. The fourth-order valence-corrected chi connectivity index (χ4v) is 6.13. The number of carboxylic acid groups (broad SMARTS) is 1. The van der Waals surface area contributed by atoms with Crippen molar-refractivity contribution in [2.75, 3.05) is 55.1 Å². The molecule has 10 nitrogen and oxygen atoms in total. The monoisotopic (exact) mass is 646 g/mol. The lowest BCUT2D eigenvalue weighted by atomic mass is 9.98. The maximum absolute atomic E-state index is 14.7. The van der Waals surface area contributed by atoms with Gasteiger partial charge >= 0.3 is 5.97 Å². The second-order valence-corrected chi connectivity index (χ2v) is 13.1. The van der Waals surface area contributed by atoms with Crippen LogP contribution in [-0.4, -0.2) is 68.3 Å². The van der Waals surface area contributed by atoms with Crippen molar-refractivity contribution in [3.63, 3.8) is 0 Å². The molecule has 2 fully saturated rings. The van der Waals surface area contributed by atoms with Crippen molar-refractivity contribution >= 4 is 46.3 Å². The normalized spacial score (nSPS) is 17.8. The van der Waals surface area contributed by atoms with Crippen molar-refractivity contribution in [2.24, 2.45) is 5.16 Å². The SMILES string of the molecule is COc1cc(NC(C(=O)N2CC3(CC3)c3ccc(N4CCOCC4)cc32)c2ccc(Cl)cc2)cc(/C(C)=N/OC(C)(C)C(=O)O)c1. The molecule has 2 heterocycles. The van der Waals surface area contributed by atoms with Crippen LogP contribution in [0.15, 0.2) is 65.8 Å². The van der Waals surface area contributed by atoms with E-state index in [1.165, 1.54) is 19.4 Å². The molecule has 1 amide bonds. The summed E-state index contributed by atoms with van der Waals surface area (Å²) in [6.45, 7) is 8.20. The van der Waals surface area contributed by atoms with Gasteiger partial charge in [-0.15, -0.1) is 0 Å². The lowest BCUT2D eigenvalue weighted by molar-refractivity contribution is -0.161. The van der Waals surface area contributed by atoms with Gasteiger partial charge in [-0.2, -0.15) is 0 Å². The van der Waals surface area contributed by atoms with E-state index in [1.54, 1.807) is 32.2 Å². The topological polar surface area (TPSA) is 113 Å². The molecule has 1 atom stereocenters. The van der Waals surface area contributed by atoms with Gasteiger partial charge in [0.2, 0.25) is 5.60 Å². The summed E-state index contributed by atoms with van der Waals surface area (Å²) in [6.07, 6.45) is 2.11. The van der Waals surface area contributed by atoms with E-state index < -0.39 is 17.6 Å². The van der Waals surface area contributed by atoms with Crippen LogP contribution in [0.3, 0.4) is 0 Å².